The third kappa shape index (κ3) is 0.246. The minimum absolute atomic E-state index is 0. The van der Waals surface area contributed by atoms with E-state index in [2.05, 4.69) is 0 Å². The molecule has 0 N–H and O–H groups in total. The smallest absolute Gasteiger partial charge is 0 e. The van der Waals surface area contributed by atoms with Crippen molar-refractivity contribution in [2.45, 2.75) is 0 Å². The topological polar surface area (TPSA) is 0 Å². The van der Waals surface area contributed by atoms with Crippen LogP contribution in [0.25, 0.3) is 0 Å². The fraction of sp³-hybridized carbons (Fsp3) is 0. The molecule has 7 heteroatoms. The number of rotatable bonds is 0. The number of hydrogen-bond acceptors (Lipinski definition) is 0. The molecule has 0 aromatic heterocycles. The van der Waals surface area contributed by atoms with E-state index < -0.39 is 0 Å². The second-order valence-electron chi connectivity index (χ2n) is 2.54. The average molecular weight is 249 g/mol. The zero-order chi connectivity index (χ0) is 3.72. The van der Waals surface area contributed by atoms with Gasteiger partial charge in [0.1, 0.15) is 0 Å². The van der Waals surface area contributed by atoms with Gasteiger partial charge in [0.2, 0.25) is 0 Å². The summed E-state index contributed by atoms with van der Waals surface area (Å²) in [7, 11) is 7.04. The molecular weight excluding hydrogens is 245 g/mol. The van der Waals surface area contributed by atoms with Gasteiger partial charge < -0.3 is 0 Å². The summed E-state index contributed by atoms with van der Waals surface area (Å²) in [6.45, 7) is 0. The average Bonchev–Trinajstić information content (AvgIpc) is 1.25. The maximum atomic E-state index is 1.76. The van der Waals surface area contributed by atoms with Gasteiger partial charge in [-0.25, -0.2) is 0 Å². The van der Waals surface area contributed by atoms with Crippen LogP contribution in [0.15, 0.2) is 0 Å². The van der Waals surface area contributed by atoms with Crippen molar-refractivity contribution in [3.63, 3.8) is 0 Å². The summed E-state index contributed by atoms with van der Waals surface area (Å²) in [4.78, 5) is 0. The van der Waals surface area contributed by atoms with Crippen molar-refractivity contribution in [3.05, 3.63) is 0 Å². The Morgan fingerprint density at radius 2 is 0.857 bits per heavy atom. The molecule has 0 aliphatic carbocycles. The van der Waals surface area contributed by atoms with Gasteiger partial charge in [0.15, 0.2) is 0 Å². The molecule has 0 amide bonds. The van der Waals surface area contributed by atoms with Crippen LogP contribution in [0.1, 0.15) is 0 Å². The van der Waals surface area contributed by atoms with Crippen LogP contribution in [0.5, 0.6) is 0 Å². The van der Waals surface area contributed by atoms with Crippen molar-refractivity contribution < 1.29 is 16.8 Å². The van der Waals surface area contributed by atoms with Crippen LogP contribution in [0.3, 0.4) is 0 Å². The Kier molecular flexibility index (Phi) is 0.660. The molecule has 0 aromatic rings. The molecule has 4 rings (SSSR count). The molecule has 0 unspecified atom stereocenters. The van der Waals surface area contributed by atoms with E-state index in [9.17, 15) is 0 Å². The third-order valence-electron chi connectivity index (χ3n) is 2.20. The predicted molar refractivity (Wildman–Crippen MR) is 47.1 cm³/mol. The van der Waals surface area contributed by atoms with Crippen LogP contribution in [0.2, 0.25) is 0 Å². The summed E-state index contributed by atoms with van der Waals surface area (Å²) in [5.41, 5.74) is 0. The summed E-state index contributed by atoms with van der Waals surface area (Å²) >= 11 is 0. The number of hydrogen-bond donors (Lipinski definition) is 0. The predicted octanol–water partition coefficient (Wildman–Crippen LogP) is 4.09. The van der Waals surface area contributed by atoms with E-state index in [1.807, 2.05) is 0 Å². The molecule has 0 nitrogen and oxygen atoms in total. The molecule has 4 aliphatic rings. The fourth-order valence-electron chi connectivity index (χ4n) is 1.44. The summed E-state index contributed by atoms with van der Waals surface area (Å²) in [6.07, 6.45) is 0. The summed E-state index contributed by atoms with van der Waals surface area (Å²) in [6, 6.07) is 0. The fourth-order valence-corrected chi connectivity index (χ4v) is 301. The first-order valence-corrected chi connectivity index (χ1v) is 17.9. The van der Waals surface area contributed by atoms with Gasteiger partial charge in [0.05, 0.1) is 0 Å². The maximum absolute atomic E-state index is 1.76. The van der Waals surface area contributed by atoms with Gasteiger partial charge in [0, 0.05) is 16.8 Å². The summed E-state index contributed by atoms with van der Waals surface area (Å²) < 4.78 is 0. The monoisotopic (exact) mass is 249 g/mol. The molecule has 0 bridgehead atoms. The Balaban J connectivity index is 0.000000202. The van der Waals surface area contributed by atoms with Gasteiger partial charge in [-0.15, -0.1) is 0 Å². The van der Waals surface area contributed by atoms with Crippen LogP contribution in [-0.4, -0.2) is 0 Å². The SMILES string of the molecule is P1P234PP12(P3)P4.[Co]. The van der Waals surface area contributed by atoms with E-state index in [-0.39, 0.29) is 26.9 Å². The minimum Gasteiger partial charge on any atom is 0 e. The van der Waals surface area contributed by atoms with Crippen molar-refractivity contribution in [2.24, 2.45) is 0 Å². The third-order valence-corrected chi connectivity index (χ3v) is 157. The van der Waals surface area contributed by atoms with Gasteiger partial charge in [-0.3, -0.25) is 0 Å². The molecule has 4 heterocycles. The van der Waals surface area contributed by atoms with Gasteiger partial charge in [-0.1, -0.05) is 0 Å². The van der Waals surface area contributed by atoms with E-state index in [0.29, 0.717) is 0 Å². The van der Waals surface area contributed by atoms with Crippen LogP contribution in [-0.2, 0) is 16.8 Å². The zero-order valence-corrected chi connectivity index (χ0v) is 10.1. The Bertz CT molecular complexity index is 149. The van der Waals surface area contributed by atoms with Crippen LogP contribution in [0, 0.1) is 0 Å². The summed E-state index contributed by atoms with van der Waals surface area (Å²) in [5, 5.41) is -0.200. The minimum atomic E-state index is -0.1000. The Hall–Kier alpha value is 3.09. The van der Waals surface area contributed by atoms with E-state index in [4.69, 9.17) is 0 Å². The van der Waals surface area contributed by atoms with Gasteiger partial charge >= 0.3 is 41.9 Å². The molecule has 0 atom stereocenters. The zero-order valence-electron chi connectivity index (χ0n) is 3.23. The van der Waals surface area contributed by atoms with Crippen molar-refractivity contribution in [3.8, 4) is 0 Å². The Morgan fingerprint density at radius 3 is 0.857 bits per heavy atom. The van der Waals surface area contributed by atoms with E-state index >= 15 is 0 Å². The maximum Gasteiger partial charge on any atom is 0 e. The van der Waals surface area contributed by atoms with E-state index in [1.165, 1.54) is 0 Å². The first-order chi connectivity index (χ1) is 2.73. The standard InChI is InChI=1S/Co.H4P6/c;1-5-2-6(1,5,3-5)4-5/h;1-4H. The van der Waals surface area contributed by atoms with Gasteiger partial charge in [0.25, 0.3) is 0 Å². The molecule has 1 radical (unpaired) electrons. The normalized spacial score (nSPS) is 84.6. The van der Waals surface area contributed by atoms with Gasteiger partial charge in [-0.05, 0) is 0 Å². The summed E-state index contributed by atoms with van der Waals surface area (Å²) in [5.74, 6) is 0. The van der Waals surface area contributed by atoms with Crippen LogP contribution >= 0.6 is 41.9 Å². The van der Waals surface area contributed by atoms with Crippen LogP contribution in [0.4, 0.5) is 0 Å². The van der Waals surface area contributed by atoms with Crippen molar-refractivity contribution in [1.29, 1.82) is 0 Å². The van der Waals surface area contributed by atoms with Crippen molar-refractivity contribution in [2.75, 3.05) is 0 Å². The van der Waals surface area contributed by atoms with E-state index in [1.54, 1.807) is 31.8 Å². The van der Waals surface area contributed by atoms with Gasteiger partial charge in [-0.2, -0.15) is 0 Å². The molecule has 4 fully saturated rings. The largest absolute Gasteiger partial charge is 0 e. The molecule has 4 aliphatic heterocycles. The first kappa shape index (κ1) is 5.70. The molecule has 0 saturated carbocycles. The van der Waals surface area contributed by atoms with Crippen LogP contribution < -0.4 is 0 Å². The molecule has 43 valence electrons. The Labute approximate surface area is 58.7 Å². The van der Waals surface area contributed by atoms with Crippen molar-refractivity contribution in [1.82, 2.24) is 0 Å². The second kappa shape index (κ2) is 0.810. The van der Waals surface area contributed by atoms with E-state index in [0.717, 1.165) is 0 Å². The van der Waals surface area contributed by atoms with Crippen molar-refractivity contribution >= 4 is 41.9 Å². The second-order valence-corrected chi connectivity index (χ2v) is 68.6. The Morgan fingerprint density at radius 1 is 0.714 bits per heavy atom. The molecular formula is H4CoP6. The quantitative estimate of drug-likeness (QED) is 0.567. The molecule has 0 spiro atoms. The first-order valence-electron chi connectivity index (χ1n) is 1.99. The molecule has 7 heavy (non-hydrogen) atoms. The molecule has 4 saturated heterocycles. The molecule has 0 aromatic carbocycles.